The van der Waals surface area contributed by atoms with Crippen LogP contribution in [0.15, 0.2) is 36.5 Å². The molecule has 124 valence electrons. The van der Waals surface area contributed by atoms with E-state index in [0.717, 1.165) is 5.69 Å². The van der Waals surface area contributed by atoms with Crippen LogP contribution in [-0.4, -0.2) is 28.0 Å². The molecule has 0 spiro atoms. The van der Waals surface area contributed by atoms with E-state index in [1.807, 2.05) is 39.0 Å². The van der Waals surface area contributed by atoms with Crippen molar-refractivity contribution in [1.82, 2.24) is 9.78 Å². The topological polar surface area (TPSA) is 53.4 Å². The summed E-state index contributed by atoms with van der Waals surface area (Å²) in [6.45, 7) is 5.95. The molecule has 0 bridgehead atoms. The Balaban J connectivity index is 1.80. The monoisotopic (exact) mass is 336 g/mol. The zero-order chi connectivity index (χ0) is 16.9. The van der Waals surface area contributed by atoms with Gasteiger partial charge in [0.05, 0.1) is 17.3 Å². The van der Waals surface area contributed by atoms with E-state index in [1.165, 1.54) is 0 Å². The zero-order valence-electron chi connectivity index (χ0n) is 13.6. The molecule has 0 aliphatic heterocycles. The van der Waals surface area contributed by atoms with Crippen molar-refractivity contribution in [2.45, 2.75) is 39.2 Å². The van der Waals surface area contributed by atoms with E-state index in [-0.39, 0.29) is 5.97 Å². The van der Waals surface area contributed by atoms with Gasteiger partial charge in [-0.1, -0.05) is 23.7 Å². The summed E-state index contributed by atoms with van der Waals surface area (Å²) in [5.74, 6) is 0.275. The van der Waals surface area contributed by atoms with Crippen LogP contribution in [0.1, 0.15) is 33.6 Å². The van der Waals surface area contributed by atoms with E-state index in [4.69, 9.17) is 21.1 Å². The van der Waals surface area contributed by atoms with Crippen LogP contribution in [0, 0.1) is 0 Å². The number of carbonyl (C=O) groups is 1. The van der Waals surface area contributed by atoms with E-state index < -0.39 is 5.60 Å². The average molecular weight is 337 g/mol. The number of ether oxygens (including phenoxy) is 2. The normalized spacial score (nSPS) is 11.3. The van der Waals surface area contributed by atoms with E-state index >= 15 is 0 Å². The lowest BCUT2D eigenvalue weighted by molar-refractivity contribution is -0.155. The first kappa shape index (κ1) is 17.3. The summed E-state index contributed by atoms with van der Waals surface area (Å²) >= 11 is 6.13. The summed E-state index contributed by atoms with van der Waals surface area (Å²) in [6, 6.07) is 9.20. The summed E-state index contributed by atoms with van der Waals surface area (Å²) in [4.78, 5) is 11.6. The lowest BCUT2D eigenvalue weighted by Gasteiger charge is -2.19. The second-order valence-electron chi connectivity index (χ2n) is 6.09. The molecule has 0 aliphatic carbocycles. The molecule has 0 saturated heterocycles. The van der Waals surface area contributed by atoms with Gasteiger partial charge in [0.15, 0.2) is 0 Å². The number of rotatable bonds is 6. The van der Waals surface area contributed by atoms with Crippen LogP contribution in [0.25, 0.3) is 5.69 Å². The summed E-state index contributed by atoms with van der Waals surface area (Å²) in [6.07, 6.45) is 2.68. The second kappa shape index (κ2) is 7.51. The maximum atomic E-state index is 11.6. The van der Waals surface area contributed by atoms with Crippen LogP contribution >= 0.6 is 11.6 Å². The van der Waals surface area contributed by atoms with Crippen LogP contribution in [0.3, 0.4) is 0 Å². The molecule has 0 N–H and O–H groups in total. The largest absolute Gasteiger partial charge is 0.477 e. The number of para-hydroxylation sites is 1. The molecule has 0 aliphatic rings. The van der Waals surface area contributed by atoms with Crippen LogP contribution in [0.4, 0.5) is 0 Å². The minimum Gasteiger partial charge on any atom is -0.477 e. The molecule has 1 aromatic carbocycles. The smallest absolute Gasteiger partial charge is 0.306 e. The maximum Gasteiger partial charge on any atom is 0.306 e. The van der Waals surface area contributed by atoms with Gasteiger partial charge in [-0.15, -0.1) is 5.10 Å². The van der Waals surface area contributed by atoms with Crippen molar-refractivity contribution >= 4 is 17.6 Å². The van der Waals surface area contributed by atoms with Crippen molar-refractivity contribution in [3.05, 3.63) is 41.6 Å². The predicted octanol–water partition coefficient (Wildman–Crippen LogP) is 4.03. The molecule has 0 unspecified atom stereocenters. The molecule has 2 aromatic rings. The highest BCUT2D eigenvalue weighted by Gasteiger charge is 2.15. The van der Waals surface area contributed by atoms with Gasteiger partial charge in [-0.2, -0.15) is 0 Å². The van der Waals surface area contributed by atoms with Crippen LogP contribution in [0.2, 0.25) is 5.02 Å². The second-order valence-corrected chi connectivity index (χ2v) is 6.50. The number of aromatic nitrogens is 2. The molecule has 0 atom stereocenters. The van der Waals surface area contributed by atoms with Crippen molar-refractivity contribution in [3.63, 3.8) is 0 Å². The number of hydrogen-bond donors (Lipinski definition) is 0. The molecular formula is C17H21ClN2O3. The Hall–Kier alpha value is -2.01. The van der Waals surface area contributed by atoms with Gasteiger partial charge in [0.25, 0.3) is 0 Å². The number of esters is 1. The minimum absolute atomic E-state index is 0.220. The van der Waals surface area contributed by atoms with E-state index in [0.29, 0.717) is 30.4 Å². The first-order valence-corrected chi connectivity index (χ1v) is 7.88. The van der Waals surface area contributed by atoms with Gasteiger partial charge >= 0.3 is 5.97 Å². The van der Waals surface area contributed by atoms with E-state index in [9.17, 15) is 4.79 Å². The Morgan fingerprint density at radius 1 is 1.26 bits per heavy atom. The highest BCUT2D eigenvalue weighted by atomic mass is 35.5. The third-order valence-electron chi connectivity index (χ3n) is 2.86. The highest BCUT2D eigenvalue weighted by Crippen LogP contribution is 2.20. The molecule has 0 amide bonds. The fraction of sp³-hybridized carbons (Fsp3) is 0.412. The van der Waals surface area contributed by atoms with Crippen molar-refractivity contribution in [1.29, 1.82) is 0 Å². The third-order valence-corrected chi connectivity index (χ3v) is 3.18. The standard InChI is InChI=1S/C17H21ClN2O3/c1-17(2,3)23-16(21)9-6-12-22-15-10-11-20(19-15)14-8-5-4-7-13(14)18/h4-5,7-8,10-11H,6,9,12H2,1-3H3. The molecule has 6 heteroatoms. The van der Waals surface area contributed by atoms with Gasteiger partial charge in [-0.25, -0.2) is 4.68 Å². The molecule has 0 radical (unpaired) electrons. The lowest BCUT2D eigenvalue weighted by atomic mass is 10.2. The van der Waals surface area contributed by atoms with Gasteiger partial charge in [0, 0.05) is 18.7 Å². The predicted molar refractivity (Wildman–Crippen MR) is 89.1 cm³/mol. The first-order chi connectivity index (χ1) is 10.8. The minimum atomic E-state index is -0.453. The molecule has 0 fully saturated rings. The Kier molecular flexibility index (Phi) is 5.66. The van der Waals surface area contributed by atoms with Gasteiger partial charge in [0.2, 0.25) is 5.88 Å². The van der Waals surface area contributed by atoms with Gasteiger partial charge in [-0.05, 0) is 39.3 Å². The SMILES string of the molecule is CC(C)(C)OC(=O)CCCOc1ccn(-c2ccccc2Cl)n1. The molecule has 2 rings (SSSR count). The fourth-order valence-corrected chi connectivity index (χ4v) is 2.16. The summed E-state index contributed by atoms with van der Waals surface area (Å²) in [5, 5.41) is 4.93. The maximum absolute atomic E-state index is 11.6. The van der Waals surface area contributed by atoms with Crippen molar-refractivity contribution < 1.29 is 14.3 Å². The molecule has 1 aromatic heterocycles. The van der Waals surface area contributed by atoms with Crippen LogP contribution < -0.4 is 4.74 Å². The number of carbonyl (C=O) groups excluding carboxylic acids is 1. The molecule has 5 nitrogen and oxygen atoms in total. The van der Waals surface area contributed by atoms with E-state index in [2.05, 4.69) is 5.10 Å². The fourth-order valence-electron chi connectivity index (χ4n) is 1.94. The number of hydrogen-bond acceptors (Lipinski definition) is 4. The Bertz CT molecular complexity index is 662. The first-order valence-electron chi connectivity index (χ1n) is 7.50. The molecular weight excluding hydrogens is 316 g/mol. The van der Waals surface area contributed by atoms with Crippen molar-refractivity contribution in [3.8, 4) is 11.6 Å². The van der Waals surface area contributed by atoms with Crippen molar-refractivity contribution in [2.24, 2.45) is 0 Å². The van der Waals surface area contributed by atoms with E-state index in [1.54, 1.807) is 23.0 Å². The molecule has 1 heterocycles. The van der Waals surface area contributed by atoms with Crippen LogP contribution in [-0.2, 0) is 9.53 Å². The highest BCUT2D eigenvalue weighted by molar-refractivity contribution is 6.32. The lowest BCUT2D eigenvalue weighted by Crippen LogP contribution is -2.23. The zero-order valence-corrected chi connectivity index (χ0v) is 14.3. The molecule has 23 heavy (non-hydrogen) atoms. The quantitative estimate of drug-likeness (QED) is 0.590. The third kappa shape index (κ3) is 5.60. The van der Waals surface area contributed by atoms with Crippen molar-refractivity contribution in [2.75, 3.05) is 6.61 Å². The van der Waals surface area contributed by atoms with Gasteiger partial charge in [-0.3, -0.25) is 4.79 Å². The average Bonchev–Trinajstić information content (AvgIpc) is 2.91. The summed E-state index contributed by atoms with van der Waals surface area (Å²) < 4.78 is 12.4. The number of nitrogens with zero attached hydrogens (tertiary/aromatic N) is 2. The van der Waals surface area contributed by atoms with Gasteiger partial charge < -0.3 is 9.47 Å². The Morgan fingerprint density at radius 3 is 2.70 bits per heavy atom. The Labute approximate surface area is 141 Å². The summed E-state index contributed by atoms with van der Waals surface area (Å²) in [7, 11) is 0. The number of benzene rings is 1. The Morgan fingerprint density at radius 2 is 2.00 bits per heavy atom. The van der Waals surface area contributed by atoms with Crippen LogP contribution in [0.5, 0.6) is 5.88 Å². The molecule has 0 saturated carbocycles. The van der Waals surface area contributed by atoms with Gasteiger partial charge in [0.1, 0.15) is 5.60 Å². The number of halogens is 1. The summed E-state index contributed by atoms with van der Waals surface area (Å²) in [5.41, 5.74) is 0.337.